The summed E-state index contributed by atoms with van der Waals surface area (Å²) < 4.78 is 1.52. The molecule has 8 heteroatoms. The topological polar surface area (TPSA) is 99.1 Å². The van der Waals surface area contributed by atoms with Crippen LogP contribution in [-0.2, 0) is 19.8 Å². The third-order valence-electron chi connectivity index (χ3n) is 7.38. The van der Waals surface area contributed by atoms with Crippen molar-refractivity contribution in [2.24, 2.45) is 22.2 Å². The van der Waals surface area contributed by atoms with Gasteiger partial charge in [0, 0.05) is 24.3 Å². The molecule has 2 amide bonds. The third kappa shape index (κ3) is 8.74. The normalized spacial score (nSPS) is 15.0. The van der Waals surface area contributed by atoms with Gasteiger partial charge >= 0.3 is 5.97 Å². The van der Waals surface area contributed by atoms with E-state index in [-0.39, 0.29) is 23.3 Å². The second-order valence-electron chi connectivity index (χ2n) is 12.4. The lowest BCUT2D eigenvalue weighted by Gasteiger charge is -2.38. The Morgan fingerprint density at radius 3 is 2.07 bits per heavy atom. The molecule has 41 heavy (non-hydrogen) atoms. The quantitative estimate of drug-likeness (QED) is 0.120. The Kier molecular flexibility index (Phi) is 11.9. The van der Waals surface area contributed by atoms with Crippen molar-refractivity contribution in [1.82, 2.24) is 8.43 Å². The minimum atomic E-state index is -1.03. The van der Waals surface area contributed by atoms with Gasteiger partial charge in [0.1, 0.15) is 6.04 Å². The number of hydrogen-bond donors (Lipinski definition) is 2. The van der Waals surface area contributed by atoms with Crippen molar-refractivity contribution in [2.75, 3.05) is 7.05 Å². The van der Waals surface area contributed by atoms with Crippen LogP contribution in [0.25, 0.3) is 11.1 Å². The van der Waals surface area contributed by atoms with Crippen LogP contribution in [0.3, 0.4) is 0 Å². The van der Waals surface area contributed by atoms with Crippen molar-refractivity contribution in [2.45, 2.75) is 72.9 Å². The molecule has 0 bridgehead atoms. The zero-order valence-corrected chi connectivity index (χ0v) is 27.8. The lowest BCUT2D eigenvalue weighted by Crippen LogP contribution is -2.57. The Hall–Kier alpha value is -3.01. The van der Waals surface area contributed by atoms with Gasteiger partial charge in [0.15, 0.2) is 0 Å². The van der Waals surface area contributed by atoms with Crippen molar-refractivity contribution in [1.29, 1.82) is 0 Å². The number of carbonyl (C=O) groups is 3. The third-order valence-corrected chi connectivity index (χ3v) is 8.50. The highest BCUT2D eigenvalue weighted by Crippen LogP contribution is 2.35. The first kappa shape index (κ1) is 34.2. The van der Waals surface area contributed by atoms with Gasteiger partial charge in [-0.3, -0.25) is 17.7 Å². The van der Waals surface area contributed by atoms with Gasteiger partial charge in [-0.1, -0.05) is 109 Å². The molecule has 7 nitrogen and oxygen atoms in total. The molecule has 0 fully saturated rings. The average molecular weight is 674 g/mol. The van der Waals surface area contributed by atoms with Gasteiger partial charge < -0.3 is 10.4 Å². The summed E-state index contributed by atoms with van der Waals surface area (Å²) in [5.74, 6) is -2.34. The molecule has 222 valence electrons. The number of rotatable bonds is 11. The van der Waals surface area contributed by atoms with E-state index in [4.69, 9.17) is 0 Å². The van der Waals surface area contributed by atoms with Gasteiger partial charge in [-0.25, -0.2) is 4.79 Å². The largest absolute Gasteiger partial charge is 0.478 e. The second-order valence-corrected chi connectivity index (χ2v) is 13.4. The smallest absolute Gasteiger partial charge is 0.331 e. The van der Waals surface area contributed by atoms with Crippen LogP contribution in [0.4, 0.5) is 0 Å². The Balaban J connectivity index is 2.45. The van der Waals surface area contributed by atoms with Crippen molar-refractivity contribution in [3.8, 4) is 11.1 Å². The Labute approximate surface area is 259 Å². The summed E-state index contributed by atoms with van der Waals surface area (Å²) in [7, 11) is 1.64. The van der Waals surface area contributed by atoms with E-state index in [1.165, 1.54) is 10.0 Å². The molecule has 0 spiro atoms. The minimum absolute atomic E-state index is 0.0442. The standard InChI is InChI=1S/C33H44IN3O4/c1-21(2)27(18-22(3)31(40)41)37(34)30(39)28(32(4,5)6)36-29(38)26(20-35-9)33(7,8)25-17-13-16-24(19-25)23-14-11-10-12-15-23/h10-21,26-28H,1-9H3,(H,36,38)(H,40,41)/b22-18+,35-20+/t26-,27-,28-/m1/s1. The fourth-order valence-electron chi connectivity index (χ4n) is 4.64. The maximum absolute atomic E-state index is 14.0. The zero-order valence-electron chi connectivity index (χ0n) is 25.6. The maximum atomic E-state index is 14.0. The monoisotopic (exact) mass is 673 g/mol. The van der Waals surface area contributed by atoms with Gasteiger partial charge in [0.2, 0.25) is 5.91 Å². The summed E-state index contributed by atoms with van der Waals surface area (Å²) in [6.07, 6.45) is 3.24. The van der Waals surface area contributed by atoms with E-state index < -0.39 is 34.8 Å². The molecule has 2 aromatic rings. The van der Waals surface area contributed by atoms with Crippen LogP contribution in [-0.4, -0.2) is 51.3 Å². The Morgan fingerprint density at radius 2 is 1.56 bits per heavy atom. The fourth-order valence-corrected chi connectivity index (χ4v) is 5.72. The second kappa shape index (κ2) is 14.2. The first-order valence-electron chi connectivity index (χ1n) is 13.8. The zero-order chi connectivity index (χ0) is 31.1. The number of hydrogen-bond acceptors (Lipinski definition) is 4. The molecule has 0 saturated heterocycles. The van der Waals surface area contributed by atoms with Crippen molar-refractivity contribution < 1.29 is 19.5 Å². The highest BCUT2D eigenvalue weighted by Gasteiger charge is 2.42. The van der Waals surface area contributed by atoms with E-state index in [2.05, 4.69) is 28.5 Å². The lowest BCUT2D eigenvalue weighted by atomic mass is 9.72. The molecule has 0 saturated carbocycles. The molecule has 2 N–H and O–H groups in total. The molecule has 0 radical (unpaired) electrons. The van der Waals surface area contributed by atoms with Crippen LogP contribution < -0.4 is 5.32 Å². The van der Waals surface area contributed by atoms with Crippen molar-refractivity contribution in [3.05, 3.63) is 71.8 Å². The number of aliphatic imine (C=N–C) groups is 1. The molecule has 0 aliphatic rings. The van der Waals surface area contributed by atoms with Crippen molar-refractivity contribution >= 4 is 46.9 Å². The van der Waals surface area contributed by atoms with Crippen LogP contribution in [0.1, 0.15) is 61.0 Å². The molecule has 3 atom stereocenters. The van der Waals surface area contributed by atoms with E-state index in [9.17, 15) is 19.5 Å². The summed E-state index contributed by atoms with van der Waals surface area (Å²) in [4.78, 5) is 43.6. The summed E-state index contributed by atoms with van der Waals surface area (Å²) in [6.45, 7) is 15.1. The van der Waals surface area contributed by atoms with Gasteiger partial charge in [0.05, 0.1) is 34.8 Å². The first-order valence-corrected chi connectivity index (χ1v) is 14.8. The van der Waals surface area contributed by atoms with Crippen molar-refractivity contribution in [3.63, 3.8) is 0 Å². The summed E-state index contributed by atoms with van der Waals surface area (Å²) in [5, 5.41) is 12.5. The van der Waals surface area contributed by atoms with Crippen LogP contribution in [0.15, 0.2) is 71.2 Å². The molecule has 2 aromatic carbocycles. The van der Waals surface area contributed by atoms with Crippen LogP contribution >= 0.6 is 22.9 Å². The van der Waals surface area contributed by atoms with Crippen LogP contribution in [0, 0.1) is 17.3 Å². The van der Waals surface area contributed by atoms with E-state index >= 15 is 0 Å². The number of carbonyl (C=O) groups excluding carboxylic acids is 2. The predicted molar refractivity (Wildman–Crippen MR) is 175 cm³/mol. The van der Waals surface area contributed by atoms with Gasteiger partial charge in [-0.15, -0.1) is 0 Å². The minimum Gasteiger partial charge on any atom is -0.478 e. The molecular weight excluding hydrogens is 629 g/mol. The summed E-state index contributed by atoms with van der Waals surface area (Å²) >= 11 is 1.94. The number of halogens is 1. The van der Waals surface area contributed by atoms with E-state index in [1.54, 1.807) is 19.3 Å². The molecule has 0 aliphatic heterocycles. The number of aliphatic carboxylic acids is 1. The number of amides is 2. The summed E-state index contributed by atoms with van der Waals surface area (Å²) in [5.41, 5.74) is 2.01. The number of nitrogens with one attached hydrogen (secondary N) is 1. The number of nitrogens with zero attached hydrogens (tertiary/aromatic N) is 2. The Bertz CT molecular complexity index is 1280. The lowest BCUT2D eigenvalue weighted by molar-refractivity contribution is -0.136. The fraction of sp³-hybridized carbons (Fsp3) is 0.455. The Morgan fingerprint density at radius 1 is 0.976 bits per heavy atom. The molecule has 0 aromatic heterocycles. The number of benzene rings is 2. The van der Waals surface area contributed by atoms with E-state index in [0.717, 1.165) is 16.7 Å². The van der Waals surface area contributed by atoms with Crippen LogP contribution in [0.5, 0.6) is 0 Å². The number of carboxylic acid groups (broad SMARTS) is 1. The highest BCUT2D eigenvalue weighted by molar-refractivity contribution is 14.1. The SMILES string of the molecule is C/N=C/[C@H](C(=O)N[C@H](C(=O)N(I)[C@H](/C=C(\C)C(=O)O)C(C)C)C(C)(C)C)C(C)(C)c1cccc(-c2ccccc2)c1. The van der Waals surface area contributed by atoms with Crippen LogP contribution in [0.2, 0.25) is 0 Å². The first-order chi connectivity index (χ1) is 19.0. The molecule has 2 rings (SSSR count). The van der Waals surface area contributed by atoms with Gasteiger partial charge in [0.25, 0.3) is 5.91 Å². The molecular formula is C33H44IN3O4. The predicted octanol–water partition coefficient (Wildman–Crippen LogP) is 6.71. The highest BCUT2D eigenvalue weighted by atomic mass is 127. The van der Waals surface area contributed by atoms with Gasteiger partial charge in [-0.05, 0) is 34.9 Å². The summed E-state index contributed by atoms with van der Waals surface area (Å²) in [6, 6.07) is 16.9. The molecule has 0 heterocycles. The van der Waals surface area contributed by atoms with Gasteiger partial charge in [-0.2, -0.15) is 0 Å². The maximum Gasteiger partial charge on any atom is 0.331 e. The average Bonchev–Trinajstić information content (AvgIpc) is 2.91. The molecule has 0 unspecified atom stereocenters. The number of carboxylic acids is 1. The molecule has 0 aliphatic carbocycles. The van der Waals surface area contributed by atoms with E-state index in [0.29, 0.717) is 0 Å². The van der Waals surface area contributed by atoms with E-state index in [1.807, 2.05) is 108 Å².